The highest BCUT2D eigenvalue weighted by Gasteiger charge is 2.15. The Bertz CT molecular complexity index is 184. The third-order valence-corrected chi connectivity index (χ3v) is 3.32. The molecule has 1 fully saturated rings. The molecule has 0 aromatic carbocycles. The summed E-state index contributed by atoms with van der Waals surface area (Å²) in [6.45, 7) is 2.20. The van der Waals surface area contributed by atoms with Gasteiger partial charge in [-0.25, -0.2) is 0 Å². The first-order valence-electron chi connectivity index (χ1n) is 5.49. The minimum absolute atomic E-state index is 0.104. The van der Waals surface area contributed by atoms with Crippen molar-refractivity contribution in [2.75, 3.05) is 31.2 Å². The summed E-state index contributed by atoms with van der Waals surface area (Å²) >= 11 is 1.64. The Labute approximate surface area is 95.3 Å². The van der Waals surface area contributed by atoms with Crippen LogP contribution in [0.25, 0.3) is 0 Å². The van der Waals surface area contributed by atoms with Gasteiger partial charge in [0.15, 0.2) is 0 Å². The van der Waals surface area contributed by atoms with Gasteiger partial charge in [-0.05, 0) is 31.6 Å². The fourth-order valence-electron chi connectivity index (χ4n) is 1.43. The van der Waals surface area contributed by atoms with Crippen LogP contribution in [0.5, 0.6) is 0 Å². The molecule has 0 radical (unpaired) electrons. The number of hydrogen-bond donors (Lipinski definition) is 2. The van der Waals surface area contributed by atoms with Crippen molar-refractivity contribution < 1.29 is 9.53 Å². The predicted molar refractivity (Wildman–Crippen MR) is 63.0 cm³/mol. The van der Waals surface area contributed by atoms with Crippen molar-refractivity contribution in [1.29, 1.82) is 0 Å². The minimum atomic E-state index is 0.104. The van der Waals surface area contributed by atoms with Gasteiger partial charge in [0.25, 0.3) is 0 Å². The van der Waals surface area contributed by atoms with E-state index in [1.165, 1.54) is 0 Å². The molecule has 0 aromatic heterocycles. The molecule has 1 aliphatic rings. The maximum Gasteiger partial charge on any atom is 0.230 e. The molecule has 1 amide bonds. The largest absolute Gasteiger partial charge is 0.376 e. The zero-order valence-electron chi connectivity index (χ0n) is 9.04. The molecule has 1 unspecified atom stereocenters. The molecule has 1 saturated heterocycles. The van der Waals surface area contributed by atoms with Gasteiger partial charge in [-0.2, -0.15) is 11.8 Å². The predicted octanol–water partition coefficient (Wildman–Crippen LogP) is 0.364. The van der Waals surface area contributed by atoms with E-state index in [4.69, 9.17) is 10.5 Å². The van der Waals surface area contributed by atoms with E-state index in [0.717, 1.165) is 31.6 Å². The van der Waals surface area contributed by atoms with E-state index in [2.05, 4.69) is 5.32 Å². The summed E-state index contributed by atoms with van der Waals surface area (Å²) in [4.78, 5) is 11.3. The topological polar surface area (TPSA) is 64.4 Å². The van der Waals surface area contributed by atoms with Crippen LogP contribution >= 0.6 is 11.8 Å². The number of thioether (sulfide) groups is 1. The molecule has 15 heavy (non-hydrogen) atoms. The van der Waals surface area contributed by atoms with Gasteiger partial charge in [-0.15, -0.1) is 0 Å². The number of carbonyl (C=O) groups is 1. The standard InChI is InChI=1S/C10H20N2O2S/c11-4-2-6-15-8-10(13)12-7-9-3-1-5-14-9/h9H,1-8,11H2,(H,12,13). The smallest absolute Gasteiger partial charge is 0.230 e. The molecule has 0 bridgehead atoms. The Balaban J connectivity index is 1.93. The lowest BCUT2D eigenvalue weighted by Gasteiger charge is -2.10. The molecular formula is C10H20N2O2S. The summed E-state index contributed by atoms with van der Waals surface area (Å²) < 4.78 is 5.41. The van der Waals surface area contributed by atoms with Crippen molar-refractivity contribution in [2.45, 2.75) is 25.4 Å². The van der Waals surface area contributed by atoms with Crippen molar-refractivity contribution in [2.24, 2.45) is 5.73 Å². The lowest BCUT2D eigenvalue weighted by atomic mass is 10.2. The van der Waals surface area contributed by atoms with Crippen LogP contribution in [0.15, 0.2) is 0 Å². The first-order chi connectivity index (χ1) is 7.33. The van der Waals surface area contributed by atoms with Crippen LogP contribution in [0.2, 0.25) is 0 Å². The number of nitrogens with one attached hydrogen (secondary N) is 1. The highest BCUT2D eigenvalue weighted by Crippen LogP contribution is 2.10. The molecule has 0 aliphatic carbocycles. The monoisotopic (exact) mass is 232 g/mol. The molecule has 1 atom stereocenters. The minimum Gasteiger partial charge on any atom is -0.376 e. The van der Waals surface area contributed by atoms with Crippen LogP contribution in [-0.4, -0.2) is 43.2 Å². The van der Waals surface area contributed by atoms with Crippen LogP contribution in [-0.2, 0) is 9.53 Å². The molecule has 5 heteroatoms. The van der Waals surface area contributed by atoms with Crippen molar-refractivity contribution in [3.63, 3.8) is 0 Å². The molecule has 0 aromatic rings. The second-order valence-electron chi connectivity index (χ2n) is 3.63. The second kappa shape index (κ2) is 7.96. The summed E-state index contributed by atoms with van der Waals surface area (Å²) in [5.41, 5.74) is 5.36. The fourth-order valence-corrected chi connectivity index (χ4v) is 2.24. The van der Waals surface area contributed by atoms with Crippen LogP contribution in [0.1, 0.15) is 19.3 Å². The quantitative estimate of drug-likeness (QED) is 0.622. The van der Waals surface area contributed by atoms with E-state index in [-0.39, 0.29) is 12.0 Å². The maximum absolute atomic E-state index is 11.3. The Morgan fingerprint density at radius 1 is 1.60 bits per heavy atom. The highest BCUT2D eigenvalue weighted by atomic mass is 32.2. The Morgan fingerprint density at radius 3 is 3.13 bits per heavy atom. The van der Waals surface area contributed by atoms with Gasteiger partial charge in [0, 0.05) is 13.2 Å². The van der Waals surface area contributed by atoms with E-state index in [1.807, 2.05) is 0 Å². The Kier molecular flexibility index (Phi) is 6.80. The molecule has 4 nitrogen and oxygen atoms in total. The molecular weight excluding hydrogens is 212 g/mol. The summed E-state index contributed by atoms with van der Waals surface area (Å²) in [7, 11) is 0. The van der Waals surface area contributed by atoms with Gasteiger partial charge in [-0.3, -0.25) is 4.79 Å². The van der Waals surface area contributed by atoms with Crippen LogP contribution in [0.4, 0.5) is 0 Å². The maximum atomic E-state index is 11.3. The lowest BCUT2D eigenvalue weighted by Crippen LogP contribution is -2.33. The van der Waals surface area contributed by atoms with Gasteiger partial charge in [0.05, 0.1) is 11.9 Å². The molecule has 1 aliphatic heterocycles. The molecule has 1 rings (SSSR count). The van der Waals surface area contributed by atoms with Crippen molar-refractivity contribution in [3.8, 4) is 0 Å². The van der Waals surface area contributed by atoms with Crippen molar-refractivity contribution in [3.05, 3.63) is 0 Å². The second-order valence-corrected chi connectivity index (χ2v) is 4.74. The number of rotatable bonds is 7. The van der Waals surface area contributed by atoms with Crippen molar-refractivity contribution >= 4 is 17.7 Å². The van der Waals surface area contributed by atoms with Crippen molar-refractivity contribution in [1.82, 2.24) is 5.32 Å². The number of amides is 1. The molecule has 0 saturated carbocycles. The van der Waals surface area contributed by atoms with Crippen LogP contribution < -0.4 is 11.1 Å². The van der Waals surface area contributed by atoms with E-state index in [1.54, 1.807) is 11.8 Å². The van der Waals surface area contributed by atoms with E-state index in [9.17, 15) is 4.79 Å². The summed E-state index contributed by atoms with van der Waals surface area (Å²) in [6.07, 6.45) is 3.40. The lowest BCUT2D eigenvalue weighted by molar-refractivity contribution is -0.119. The van der Waals surface area contributed by atoms with Gasteiger partial charge >= 0.3 is 0 Å². The number of nitrogens with two attached hydrogens (primary N) is 1. The molecule has 0 spiro atoms. The first kappa shape index (κ1) is 12.8. The number of ether oxygens (including phenoxy) is 1. The highest BCUT2D eigenvalue weighted by molar-refractivity contribution is 7.99. The average Bonchev–Trinajstić information content (AvgIpc) is 2.74. The third-order valence-electron chi connectivity index (χ3n) is 2.28. The SMILES string of the molecule is NCCCSCC(=O)NCC1CCCO1. The molecule has 3 N–H and O–H groups in total. The average molecular weight is 232 g/mol. The Hall–Kier alpha value is -0.260. The van der Waals surface area contributed by atoms with Gasteiger partial charge in [-0.1, -0.05) is 0 Å². The number of carbonyl (C=O) groups excluding carboxylic acids is 1. The zero-order valence-corrected chi connectivity index (χ0v) is 9.85. The third kappa shape index (κ3) is 6.02. The van der Waals surface area contributed by atoms with Crippen LogP contribution in [0.3, 0.4) is 0 Å². The van der Waals surface area contributed by atoms with Gasteiger partial charge < -0.3 is 15.8 Å². The van der Waals surface area contributed by atoms with Gasteiger partial charge in [0.1, 0.15) is 0 Å². The Morgan fingerprint density at radius 2 is 2.47 bits per heavy atom. The summed E-state index contributed by atoms with van der Waals surface area (Å²) in [5.74, 6) is 1.60. The van der Waals surface area contributed by atoms with E-state index in [0.29, 0.717) is 18.8 Å². The molecule has 1 heterocycles. The zero-order chi connectivity index (χ0) is 10.9. The van der Waals surface area contributed by atoms with E-state index < -0.39 is 0 Å². The normalized spacial score (nSPS) is 20.5. The molecule has 88 valence electrons. The summed E-state index contributed by atoms with van der Waals surface area (Å²) in [5, 5.41) is 2.89. The number of hydrogen-bond acceptors (Lipinski definition) is 4. The van der Waals surface area contributed by atoms with Crippen LogP contribution in [0, 0.1) is 0 Å². The summed E-state index contributed by atoms with van der Waals surface area (Å²) in [6, 6.07) is 0. The van der Waals surface area contributed by atoms with E-state index >= 15 is 0 Å². The van der Waals surface area contributed by atoms with Gasteiger partial charge in [0.2, 0.25) is 5.91 Å². The first-order valence-corrected chi connectivity index (χ1v) is 6.64. The fraction of sp³-hybridized carbons (Fsp3) is 0.900.